The molecule has 2 atom stereocenters. The number of anilines is 1. The third-order valence-corrected chi connectivity index (χ3v) is 6.43. The number of fused-ring (bicyclic) bond motifs is 4. The van der Waals surface area contributed by atoms with Gasteiger partial charge in [0.1, 0.15) is 18.6 Å². The SMILES string of the molecule is C[C@H]1[C@H](NC(=O)c2cc3c(N4CCOCC4=O)coc3cn2)C2CCN1CC2. The molecule has 148 valence electrons. The van der Waals surface area contributed by atoms with E-state index >= 15 is 0 Å². The van der Waals surface area contributed by atoms with Gasteiger partial charge in [0.05, 0.1) is 18.5 Å². The van der Waals surface area contributed by atoms with Crippen LogP contribution in [0.5, 0.6) is 0 Å². The van der Waals surface area contributed by atoms with E-state index < -0.39 is 0 Å². The topological polar surface area (TPSA) is 87.9 Å². The fraction of sp³-hybridized carbons (Fsp3) is 0.550. The van der Waals surface area contributed by atoms with Crippen molar-refractivity contribution in [2.45, 2.75) is 31.8 Å². The molecule has 2 aromatic rings. The van der Waals surface area contributed by atoms with Gasteiger partial charge in [-0.15, -0.1) is 0 Å². The van der Waals surface area contributed by atoms with Crippen molar-refractivity contribution in [3.63, 3.8) is 0 Å². The van der Waals surface area contributed by atoms with Crippen LogP contribution in [0, 0.1) is 5.92 Å². The van der Waals surface area contributed by atoms with Gasteiger partial charge in [0.15, 0.2) is 5.58 Å². The van der Waals surface area contributed by atoms with Gasteiger partial charge in [-0.1, -0.05) is 0 Å². The quantitative estimate of drug-likeness (QED) is 0.861. The molecule has 0 spiro atoms. The van der Waals surface area contributed by atoms with Crippen molar-refractivity contribution in [1.82, 2.24) is 15.2 Å². The summed E-state index contributed by atoms with van der Waals surface area (Å²) in [6.45, 7) is 5.43. The lowest BCUT2D eigenvalue weighted by molar-refractivity contribution is -0.125. The van der Waals surface area contributed by atoms with Gasteiger partial charge in [-0.05, 0) is 44.8 Å². The van der Waals surface area contributed by atoms with Crippen LogP contribution in [0.2, 0.25) is 0 Å². The molecule has 2 amide bonds. The van der Waals surface area contributed by atoms with Crippen LogP contribution >= 0.6 is 0 Å². The highest BCUT2D eigenvalue weighted by molar-refractivity contribution is 6.05. The predicted molar refractivity (Wildman–Crippen MR) is 102 cm³/mol. The van der Waals surface area contributed by atoms with E-state index in [9.17, 15) is 9.59 Å². The Kier molecular flexibility index (Phi) is 4.32. The summed E-state index contributed by atoms with van der Waals surface area (Å²) >= 11 is 0. The Morgan fingerprint density at radius 3 is 2.86 bits per heavy atom. The normalized spacial score (nSPS) is 30.0. The highest BCUT2D eigenvalue weighted by Gasteiger charge is 2.40. The molecule has 4 saturated heterocycles. The van der Waals surface area contributed by atoms with Crippen LogP contribution in [0.15, 0.2) is 22.9 Å². The van der Waals surface area contributed by atoms with E-state index in [4.69, 9.17) is 9.15 Å². The molecule has 2 aromatic heterocycles. The monoisotopic (exact) mass is 384 g/mol. The lowest BCUT2D eigenvalue weighted by Gasteiger charge is -2.49. The van der Waals surface area contributed by atoms with Gasteiger partial charge in [0, 0.05) is 24.0 Å². The number of furan rings is 1. The first-order valence-electron chi connectivity index (χ1n) is 9.92. The molecule has 0 saturated carbocycles. The van der Waals surface area contributed by atoms with Crippen molar-refractivity contribution < 1.29 is 18.7 Å². The van der Waals surface area contributed by atoms with Crippen LogP contribution < -0.4 is 10.2 Å². The number of carbonyl (C=O) groups is 2. The number of aromatic nitrogens is 1. The van der Waals surface area contributed by atoms with E-state index in [0.717, 1.165) is 31.3 Å². The molecule has 4 aliphatic heterocycles. The zero-order chi connectivity index (χ0) is 19.3. The van der Waals surface area contributed by atoms with Gasteiger partial charge in [-0.2, -0.15) is 0 Å². The lowest BCUT2D eigenvalue weighted by Crippen LogP contribution is -2.62. The largest absolute Gasteiger partial charge is 0.460 e. The van der Waals surface area contributed by atoms with Gasteiger partial charge in [-0.25, -0.2) is 4.98 Å². The van der Waals surface area contributed by atoms with E-state index in [-0.39, 0.29) is 24.5 Å². The summed E-state index contributed by atoms with van der Waals surface area (Å²) in [5, 5.41) is 3.93. The average Bonchev–Trinajstić information content (AvgIpc) is 3.14. The summed E-state index contributed by atoms with van der Waals surface area (Å²) in [7, 11) is 0. The third-order valence-electron chi connectivity index (χ3n) is 6.43. The van der Waals surface area contributed by atoms with Crippen LogP contribution in [0.25, 0.3) is 11.0 Å². The Balaban J connectivity index is 1.40. The van der Waals surface area contributed by atoms with Crippen LogP contribution in [0.3, 0.4) is 0 Å². The summed E-state index contributed by atoms with van der Waals surface area (Å²) in [5.41, 5.74) is 1.57. The molecule has 4 fully saturated rings. The number of rotatable bonds is 3. The Labute approximate surface area is 162 Å². The molecule has 8 heteroatoms. The van der Waals surface area contributed by atoms with Gasteiger partial charge < -0.3 is 19.4 Å². The van der Waals surface area contributed by atoms with Crippen LogP contribution in [0.4, 0.5) is 5.69 Å². The summed E-state index contributed by atoms with van der Waals surface area (Å²) in [4.78, 5) is 33.5. The van der Waals surface area contributed by atoms with E-state index in [0.29, 0.717) is 42.1 Å². The molecule has 0 aromatic carbocycles. The smallest absolute Gasteiger partial charge is 0.270 e. The Hall–Kier alpha value is -2.45. The molecule has 2 bridgehead atoms. The predicted octanol–water partition coefficient (Wildman–Crippen LogP) is 1.40. The average molecular weight is 384 g/mol. The molecule has 8 nitrogen and oxygen atoms in total. The fourth-order valence-corrected chi connectivity index (χ4v) is 4.80. The lowest BCUT2D eigenvalue weighted by atomic mass is 9.79. The van der Waals surface area contributed by atoms with E-state index in [1.165, 1.54) is 0 Å². The number of morpholine rings is 1. The van der Waals surface area contributed by atoms with Gasteiger partial charge in [-0.3, -0.25) is 14.5 Å². The number of hydrogen-bond donors (Lipinski definition) is 1. The standard InChI is InChI=1S/C20H24N4O4/c1-12-19(13-2-4-23(12)5-3-13)22-20(26)15-8-14-16(10-28-17(14)9-21-15)24-6-7-27-11-18(24)25/h8-10,12-13,19H,2-7,11H2,1H3,(H,22,26)/t12-,19-/m0/s1. The molecular weight excluding hydrogens is 360 g/mol. The van der Waals surface area contributed by atoms with Crippen molar-refractivity contribution in [1.29, 1.82) is 0 Å². The first-order chi connectivity index (χ1) is 13.6. The molecule has 4 aliphatic rings. The Morgan fingerprint density at radius 1 is 1.29 bits per heavy atom. The summed E-state index contributed by atoms with van der Waals surface area (Å²) < 4.78 is 10.8. The Morgan fingerprint density at radius 2 is 2.11 bits per heavy atom. The molecule has 0 unspecified atom stereocenters. The Bertz CT molecular complexity index is 916. The van der Waals surface area contributed by atoms with Gasteiger partial charge in [0.2, 0.25) is 0 Å². The second kappa shape index (κ2) is 6.86. The molecule has 6 heterocycles. The minimum Gasteiger partial charge on any atom is -0.460 e. The highest BCUT2D eigenvalue weighted by atomic mass is 16.5. The second-order valence-corrected chi connectivity index (χ2v) is 7.90. The van der Waals surface area contributed by atoms with Crippen LogP contribution in [-0.2, 0) is 9.53 Å². The minimum atomic E-state index is -0.173. The number of nitrogens with zero attached hydrogens (tertiary/aromatic N) is 3. The van der Waals surface area contributed by atoms with Crippen molar-refractivity contribution in [2.75, 3.05) is 37.7 Å². The summed E-state index contributed by atoms with van der Waals surface area (Å²) in [5.74, 6) is 0.244. The molecule has 0 aliphatic carbocycles. The van der Waals surface area contributed by atoms with Crippen LogP contribution in [0.1, 0.15) is 30.3 Å². The van der Waals surface area contributed by atoms with Crippen molar-refractivity contribution >= 4 is 28.5 Å². The van der Waals surface area contributed by atoms with E-state index in [2.05, 4.69) is 22.1 Å². The molecule has 1 N–H and O–H groups in total. The molecular formula is C20H24N4O4. The number of carbonyl (C=O) groups excluding carboxylic acids is 2. The first kappa shape index (κ1) is 17.6. The zero-order valence-electron chi connectivity index (χ0n) is 15.9. The van der Waals surface area contributed by atoms with E-state index in [1.807, 2.05) is 0 Å². The maximum absolute atomic E-state index is 12.9. The number of piperidine rings is 3. The van der Waals surface area contributed by atoms with Crippen LogP contribution in [-0.4, -0.2) is 66.6 Å². The number of amides is 2. The molecule has 6 rings (SSSR count). The maximum Gasteiger partial charge on any atom is 0.270 e. The van der Waals surface area contributed by atoms with Crippen molar-refractivity contribution in [3.8, 4) is 0 Å². The summed E-state index contributed by atoms with van der Waals surface area (Å²) in [6.07, 6.45) is 5.37. The fourth-order valence-electron chi connectivity index (χ4n) is 4.80. The molecule has 0 radical (unpaired) electrons. The highest BCUT2D eigenvalue weighted by Crippen LogP contribution is 2.33. The number of hydrogen-bond acceptors (Lipinski definition) is 6. The maximum atomic E-state index is 12.9. The minimum absolute atomic E-state index is 0.0581. The van der Waals surface area contributed by atoms with Gasteiger partial charge in [0.25, 0.3) is 11.8 Å². The molecule has 28 heavy (non-hydrogen) atoms. The van der Waals surface area contributed by atoms with Gasteiger partial charge >= 0.3 is 0 Å². The first-order valence-corrected chi connectivity index (χ1v) is 9.92. The van der Waals surface area contributed by atoms with Crippen molar-refractivity contribution in [2.24, 2.45) is 5.92 Å². The zero-order valence-corrected chi connectivity index (χ0v) is 15.9. The van der Waals surface area contributed by atoms with E-state index in [1.54, 1.807) is 23.4 Å². The third kappa shape index (κ3) is 2.87. The summed E-state index contributed by atoms with van der Waals surface area (Å²) in [6, 6.07) is 2.21. The van der Waals surface area contributed by atoms with Crippen molar-refractivity contribution in [3.05, 3.63) is 24.2 Å². The number of pyridine rings is 1. The second-order valence-electron chi connectivity index (χ2n) is 7.90. The number of nitrogens with one attached hydrogen (secondary N) is 1. The number of ether oxygens (including phenoxy) is 1.